The summed E-state index contributed by atoms with van der Waals surface area (Å²) in [5.41, 5.74) is 6.28. The van der Waals surface area contributed by atoms with E-state index < -0.39 is 23.1 Å². The van der Waals surface area contributed by atoms with Crippen LogP contribution in [0.3, 0.4) is 0 Å². The van der Waals surface area contributed by atoms with Gasteiger partial charge in [-0.15, -0.1) is 10.2 Å². The van der Waals surface area contributed by atoms with E-state index in [1.54, 1.807) is 19.1 Å². The van der Waals surface area contributed by atoms with Gasteiger partial charge in [0.1, 0.15) is 17.3 Å². The minimum atomic E-state index is -1.27. The molecule has 2 aromatic carbocycles. The molecule has 4 rings (SSSR count). The fourth-order valence-corrected chi connectivity index (χ4v) is 4.31. The first kappa shape index (κ1) is 19.8. The molecule has 154 valence electrons. The second-order valence-electron chi connectivity index (χ2n) is 7.95. The molecule has 1 aliphatic rings. The Morgan fingerprint density at radius 1 is 1.10 bits per heavy atom. The van der Waals surface area contributed by atoms with Crippen molar-refractivity contribution < 1.29 is 19.4 Å². The lowest BCUT2D eigenvalue weighted by molar-refractivity contribution is -0.0869. The summed E-state index contributed by atoms with van der Waals surface area (Å²) in [5.74, 6) is -0.342. The predicted octanol–water partition coefficient (Wildman–Crippen LogP) is 3.54. The number of nitrogen functional groups attached to an aromatic ring is 1. The lowest BCUT2D eigenvalue weighted by Gasteiger charge is -2.51. The zero-order valence-electron chi connectivity index (χ0n) is 16.3. The molecule has 1 fully saturated rings. The van der Waals surface area contributed by atoms with Gasteiger partial charge >= 0.3 is 6.09 Å². The maximum Gasteiger partial charge on any atom is 0.405 e. The summed E-state index contributed by atoms with van der Waals surface area (Å²) in [6, 6.07) is 15.6. The Bertz CT molecular complexity index is 1110. The minimum Gasteiger partial charge on any atom is -0.465 e. The van der Waals surface area contributed by atoms with Gasteiger partial charge in [0, 0.05) is 29.5 Å². The number of hydrogen-bond acceptors (Lipinski definition) is 5. The number of benzene rings is 2. The fraction of sp³-hybridized carbons (Fsp3) is 0.227. The summed E-state index contributed by atoms with van der Waals surface area (Å²) in [7, 11) is 0. The van der Waals surface area contributed by atoms with Crippen LogP contribution in [0.4, 0.5) is 15.0 Å². The van der Waals surface area contributed by atoms with Gasteiger partial charge < -0.3 is 21.3 Å². The van der Waals surface area contributed by atoms with Gasteiger partial charge in [-0.25, -0.2) is 9.18 Å². The van der Waals surface area contributed by atoms with Crippen LogP contribution < -0.4 is 11.1 Å². The average Bonchev–Trinajstić information content (AvgIpc) is 2.66. The van der Waals surface area contributed by atoms with E-state index in [-0.39, 0.29) is 24.2 Å². The number of hydrogen-bond donors (Lipinski definition) is 4. The normalized spacial score (nSPS) is 22.9. The van der Waals surface area contributed by atoms with Gasteiger partial charge in [0.25, 0.3) is 0 Å². The number of nitrogens with one attached hydrogen (secondary N) is 1. The van der Waals surface area contributed by atoms with Crippen LogP contribution in [0.2, 0.25) is 0 Å². The molecular formula is C22H21FN4O3. The van der Waals surface area contributed by atoms with Crippen molar-refractivity contribution in [3.8, 4) is 22.4 Å². The number of aromatic nitrogens is 2. The highest BCUT2D eigenvalue weighted by atomic mass is 19.1. The largest absolute Gasteiger partial charge is 0.465 e. The summed E-state index contributed by atoms with van der Waals surface area (Å²) >= 11 is 0. The van der Waals surface area contributed by atoms with Crippen molar-refractivity contribution in [2.24, 2.45) is 0 Å². The van der Waals surface area contributed by atoms with Crippen LogP contribution in [-0.2, 0) is 5.54 Å². The quantitative estimate of drug-likeness (QED) is 0.524. The first-order valence-corrected chi connectivity index (χ1v) is 9.42. The van der Waals surface area contributed by atoms with E-state index >= 15 is 4.39 Å². The standard InChI is InChI=1S/C22H21FN4O3/c1-21(30)11-22(12-21,25-20(28)29)16-8-7-14(9-17(16)23)19-15(10-18(24)26-27-19)13-5-3-2-4-6-13/h2-10,25,30H,11-12H2,1H3,(H2,24,26)(H,28,29)/t21-,22+. The molecule has 1 heterocycles. The van der Waals surface area contributed by atoms with Gasteiger partial charge in [-0.3, -0.25) is 0 Å². The molecule has 0 spiro atoms. The van der Waals surface area contributed by atoms with Gasteiger partial charge in [0.15, 0.2) is 0 Å². The van der Waals surface area contributed by atoms with Crippen LogP contribution in [0.25, 0.3) is 22.4 Å². The third kappa shape index (κ3) is 3.57. The maximum absolute atomic E-state index is 15.2. The molecular weight excluding hydrogens is 387 g/mol. The lowest BCUT2D eigenvalue weighted by atomic mass is 9.62. The number of carbonyl (C=O) groups is 1. The molecule has 8 heteroatoms. The molecule has 0 unspecified atom stereocenters. The Labute approximate surface area is 172 Å². The minimum absolute atomic E-state index is 0.0828. The van der Waals surface area contributed by atoms with E-state index in [9.17, 15) is 15.0 Å². The van der Waals surface area contributed by atoms with Crippen molar-refractivity contribution in [2.75, 3.05) is 5.73 Å². The Balaban J connectivity index is 1.77. The molecule has 1 aromatic heterocycles. The highest BCUT2D eigenvalue weighted by molar-refractivity contribution is 5.81. The third-order valence-electron chi connectivity index (χ3n) is 5.37. The van der Waals surface area contributed by atoms with Gasteiger partial charge in [-0.2, -0.15) is 0 Å². The van der Waals surface area contributed by atoms with Crippen LogP contribution in [0, 0.1) is 5.82 Å². The molecule has 0 saturated heterocycles. The van der Waals surface area contributed by atoms with Crippen LogP contribution in [0.1, 0.15) is 25.3 Å². The van der Waals surface area contributed by atoms with Gasteiger partial charge in [-0.1, -0.05) is 42.5 Å². The molecule has 0 bridgehead atoms. The monoisotopic (exact) mass is 408 g/mol. The highest BCUT2D eigenvalue weighted by Crippen LogP contribution is 2.49. The molecule has 0 atom stereocenters. The topological polar surface area (TPSA) is 121 Å². The zero-order valence-corrected chi connectivity index (χ0v) is 16.3. The number of carboxylic acid groups (broad SMARTS) is 1. The summed E-state index contributed by atoms with van der Waals surface area (Å²) in [6.07, 6.45) is -1.11. The van der Waals surface area contributed by atoms with Crippen molar-refractivity contribution in [3.63, 3.8) is 0 Å². The number of anilines is 1. The molecule has 3 aromatic rings. The Hall–Kier alpha value is -3.52. The molecule has 1 amide bonds. The number of amides is 1. The van der Waals surface area contributed by atoms with E-state index in [1.807, 2.05) is 30.3 Å². The predicted molar refractivity (Wildman–Crippen MR) is 110 cm³/mol. The van der Waals surface area contributed by atoms with Crippen molar-refractivity contribution in [2.45, 2.75) is 30.9 Å². The smallest absolute Gasteiger partial charge is 0.405 e. The van der Waals surface area contributed by atoms with Gasteiger partial charge in [0.2, 0.25) is 0 Å². The van der Waals surface area contributed by atoms with Crippen molar-refractivity contribution in [1.29, 1.82) is 0 Å². The number of rotatable bonds is 4. The van der Waals surface area contributed by atoms with E-state index in [2.05, 4.69) is 15.5 Å². The Kier molecular flexibility index (Phi) is 4.66. The second kappa shape index (κ2) is 7.07. The second-order valence-corrected chi connectivity index (χ2v) is 7.95. The molecule has 5 N–H and O–H groups in total. The van der Waals surface area contributed by atoms with Crippen molar-refractivity contribution >= 4 is 11.9 Å². The average molecular weight is 408 g/mol. The Morgan fingerprint density at radius 2 is 1.80 bits per heavy atom. The van der Waals surface area contributed by atoms with E-state index in [0.29, 0.717) is 16.8 Å². The van der Waals surface area contributed by atoms with E-state index in [4.69, 9.17) is 5.73 Å². The maximum atomic E-state index is 15.2. The zero-order chi connectivity index (χ0) is 21.5. The lowest BCUT2D eigenvalue weighted by Crippen LogP contribution is -2.62. The molecule has 1 saturated carbocycles. The van der Waals surface area contributed by atoms with Gasteiger partial charge in [0.05, 0.1) is 11.1 Å². The van der Waals surface area contributed by atoms with Crippen molar-refractivity contribution in [3.05, 3.63) is 66.0 Å². The molecule has 0 radical (unpaired) electrons. The first-order valence-electron chi connectivity index (χ1n) is 9.42. The fourth-order valence-electron chi connectivity index (χ4n) is 4.31. The molecule has 30 heavy (non-hydrogen) atoms. The number of halogens is 1. The molecule has 7 nitrogen and oxygen atoms in total. The van der Waals surface area contributed by atoms with Crippen LogP contribution in [0.5, 0.6) is 0 Å². The summed E-state index contributed by atoms with van der Waals surface area (Å²) in [5, 5.41) is 29.8. The van der Waals surface area contributed by atoms with E-state index in [1.165, 1.54) is 12.1 Å². The summed E-state index contributed by atoms with van der Waals surface area (Å²) in [4.78, 5) is 11.3. The number of nitrogens with zero attached hydrogens (tertiary/aromatic N) is 2. The van der Waals surface area contributed by atoms with Gasteiger partial charge in [-0.05, 0) is 24.6 Å². The molecule has 1 aliphatic carbocycles. The van der Waals surface area contributed by atoms with Crippen molar-refractivity contribution in [1.82, 2.24) is 15.5 Å². The Morgan fingerprint density at radius 3 is 2.40 bits per heavy atom. The van der Waals surface area contributed by atoms with E-state index in [0.717, 1.165) is 5.56 Å². The van der Waals surface area contributed by atoms with Crippen LogP contribution in [0.15, 0.2) is 54.6 Å². The highest BCUT2D eigenvalue weighted by Gasteiger charge is 2.54. The number of nitrogens with two attached hydrogens (primary N) is 1. The number of aliphatic hydroxyl groups is 1. The first-order chi connectivity index (χ1) is 14.2. The molecule has 0 aliphatic heterocycles. The summed E-state index contributed by atoms with van der Waals surface area (Å²) in [6.45, 7) is 1.59. The SMILES string of the molecule is C[C@]1(O)C[C@](NC(=O)O)(c2ccc(-c3nnc(N)cc3-c3ccccc3)cc2F)C1. The third-order valence-corrected chi connectivity index (χ3v) is 5.37. The van der Waals surface area contributed by atoms with Crippen LogP contribution in [-0.4, -0.2) is 32.1 Å². The summed E-state index contributed by atoms with van der Waals surface area (Å²) < 4.78 is 15.2. The van der Waals surface area contributed by atoms with Crippen LogP contribution >= 0.6 is 0 Å².